The molecule has 9 heavy (non-hydrogen) atoms. The van der Waals surface area contributed by atoms with Crippen molar-refractivity contribution in [2.45, 2.75) is 25.8 Å². The average Bonchev–Trinajstić information content (AvgIpc) is 2.45. The van der Waals surface area contributed by atoms with Gasteiger partial charge in [0.05, 0.1) is 0 Å². The molecule has 1 aliphatic carbocycles. The lowest BCUT2D eigenvalue weighted by molar-refractivity contribution is 0.593. The third-order valence-corrected chi connectivity index (χ3v) is 1.95. The summed E-state index contributed by atoms with van der Waals surface area (Å²) in [6.45, 7) is 5.81. The predicted molar refractivity (Wildman–Crippen MR) is 40.1 cm³/mol. The van der Waals surface area contributed by atoms with E-state index in [0.717, 1.165) is 11.8 Å². The first-order valence-corrected chi connectivity index (χ1v) is 3.62. The van der Waals surface area contributed by atoms with Crippen molar-refractivity contribution >= 4 is 0 Å². The van der Waals surface area contributed by atoms with Crippen LogP contribution in [0.1, 0.15) is 19.8 Å². The number of hydrogen-bond donors (Lipinski definition) is 1. The smallest absolute Gasteiger partial charge is 0.00133 e. The summed E-state index contributed by atoms with van der Waals surface area (Å²) < 4.78 is 0. The largest absolute Gasteiger partial charge is 0.328 e. The second-order valence-electron chi connectivity index (χ2n) is 3.11. The fraction of sp³-hybridized carbons (Fsp3) is 0.750. The van der Waals surface area contributed by atoms with E-state index in [4.69, 9.17) is 5.73 Å². The summed E-state index contributed by atoms with van der Waals surface area (Å²) in [4.78, 5) is 0. The summed E-state index contributed by atoms with van der Waals surface area (Å²) in [5, 5.41) is 0. The van der Waals surface area contributed by atoms with Crippen molar-refractivity contribution in [1.29, 1.82) is 0 Å². The van der Waals surface area contributed by atoms with Crippen LogP contribution < -0.4 is 5.73 Å². The van der Waals surface area contributed by atoms with Gasteiger partial charge in [0.15, 0.2) is 0 Å². The molecule has 0 spiro atoms. The minimum Gasteiger partial charge on any atom is -0.328 e. The summed E-state index contributed by atoms with van der Waals surface area (Å²) in [5.74, 6) is 1.65. The highest BCUT2D eigenvalue weighted by atomic mass is 14.6. The van der Waals surface area contributed by atoms with Crippen LogP contribution in [0.3, 0.4) is 0 Å². The Morgan fingerprint density at radius 3 is 2.89 bits per heavy atom. The third-order valence-electron chi connectivity index (χ3n) is 1.95. The molecule has 0 heterocycles. The van der Waals surface area contributed by atoms with Gasteiger partial charge in [-0.2, -0.15) is 0 Å². The molecule has 3 atom stereocenters. The first-order chi connectivity index (χ1) is 4.24. The predicted octanol–water partition coefficient (Wildman–Crippen LogP) is 1.55. The maximum atomic E-state index is 5.62. The van der Waals surface area contributed by atoms with Crippen molar-refractivity contribution < 1.29 is 0 Å². The second-order valence-corrected chi connectivity index (χ2v) is 3.11. The van der Waals surface area contributed by atoms with E-state index in [1.165, 1.54) is 12.8 Å². The highest BCUT2D eigenvalue weighted by molar-refractivity contribution is 4.98. The lowest BCUT2D eigenvalue weighted by Crippen LogP contribution is -2.15. The zero-order valence-electron chi connectivity index (χ0n) is 6.01. The Morgan fingerprint density at radius 1 is 1.89 bits per heavy atom. The Kier molecular flexibility index (Phi) is 1.91. The molecule has 1 saturated carbocycles. The van der Waals surface area contributed by atoms with Gasteiger partial charge in [0.2, 0.25) is 0 Å². The Balaban J connectivity index is 2.12. The third kappa shape index (κ3) is 1.83. The molecule has 1 fully saturated rings. The van der Waals surface area contributed by atoms with Crippen LogP contribution in [0.25, 0.3) is 0 Å². The minimum atomic E-state index is 0.375. The minimum absolute atomic E-state index is 0.375. The SMILES string of the molecule is C=CC1CC1CC(C)N. The first kappa shape index (κ1) is 6.81. The van der Waals surface area contributed by atoms with E-state index in [2.05, 4.69) is 13.5 Å². The van der Waals surface area contributed by atoms with Crippen LogP contribution in [0.15, 0.2) is 12.7 Å². The maximum Gasteiger partial charge on any atom is 0.00133 e. The van der Waals surface area contributed by atoms with Crippen molar-refractivity contribution in [2.24, 2.45) is 17.6 Å². The zero-order valence-corrected chi connectivity index (χ0v) is 6.01. The first-order valence-electron chi connectivity index (χ1n) is 3.62. The quantitative estimate of drug-likeness (QED) is 0.569. The maximum absolute atomic E-state index is 5.62. The zero-order chi connectivity index (χ0) is 6.85. The molecular formula is C8H15N. The molecule has 3 unspecified atom stereocenters. The molecule has 1 nitrogen and oxygen atoms in total. The van der Waals surface area contributed by atoms with Crippen LogP contribution in [0, 0.1) is 11.8 Å². The summed E-state index contributed by atoms with van der Waals surface area (Å²) in [7, 11) is 0. The Hall–Kier alpha value is -0.300. The van der Waals surface area contributed by atoms with Crippen molar-refractivity contribution in [3.63, 3.8) is 0 Å². The van der Waals surface area contributed by atoms with Gasteiger partial charge in [-0.05, 0) is 31.6 Å². The topological polar surface area (TPSA) is 26.0 Å². The normalized spacial score (nSPS) is 35.8. The van der Waals surface area contributed by atoms with Crippen LogP contribution in [0.2, 0.25) is 0 Å². The molecule has 0 aliphatic heterocycles. The van der Waals surface area contributed by atoms with Gasteiger partial charge in [-0.1, -0.05) is 6.08 Å². The van der Waals surface area contributed by atoms with E-state index < -0.39 is 0 Å². The van der Waals surface area contributed by atoms with Crippen LogP contribution in [-0.4, -0.2) is 6.04 Å². The van der Waals surface area contributed by atoms with E-state index in [-0.39, 0.29) is 0 Å². The molecule has 1 heteroatoms. The Labute approximate surface area is 56.9 Å². The molecule has 0 aromatic carbocycles. The number of hydrogen-bond acceptors (Lipinski definition) is 1. The van der Waals surface area contributed by atoms with Crippen molar-refractivity contribution in [3.8, 4) is 0 Å². The monoisotopic (exact) mass is 125 g/mol. The molecule has 0 saturated heterocycles. The highest BCUT2D eigenvalue weighted by Crippen LogP contribution is 2.42. The van der Waals surface area contributed by atoms with Crippen molar-refractivity contribution in [2.75, 3.05) is 0 Å². The van der Waals surface area contributed by atoms with Crippen LogP contribution in [0.5, 0.6) is 0 Å². The van der Waals surface area contributed by atoms with Gasteiger partial charge in [-0.25, -0.2) is 0 Å². The Bertz CT molecular complexity index is 107. The molecule has 1 rings (SSSR count). The van der Waals surface area contributed by atoms with E-state index >= 15 is 0 Å². The van der Waals surface area contributed by atoms with E-state index in [1.54, 1.807) is 0 Å². The van der Waals surface area contributed by atoms with Crippen LogP contribution in [-0.2, 0) is 0 Å². The molecule has 0 aromatic heterocycles. The number of allylic oxidation sites excluding steroid dienone is 1. The number of rotatable bonds is 3. The number of nitrogens with two attached hydrogens (primary N) is 1. The molecule has 0 bridgehead atoms. The van der Waals surface area contributed by atoms with Gasteiger partial charge >= 0.3 is 0 Å². The van der Waals surface area contributed by atoms with E-state index in [0.29, 0.717) is 6.04 Å². The molecule has 0 amide bonds. The average molecular weight is 125 g/mol. The molecule has 1 aliphatic rings. The van der Waals surface area contributed by atoms with Gasteiger partial charge in [0, 0.05) is 6.04 Å². The molecule has 52 valence electrons. The molecule has 0 aromatic rings. The van der Waals surface area contributed by atoms with Crippen molar-refractivity contribution in [1.82, 2.24) is 0 Å². The van der Waals surface area contributed by atoms with Gasteiger partial charge < -0.3 is 5.73 Å². The molecule has 0 radical (unpaired) electrons. The van der Waals surface area contributed by atoms with E-state index in [1.807, 2.05) is 6.08 Å². The fourth-order valence-electron chi connectivity index (χ4n) is 1.31. The molecular weight excluding hydrogens is 110 g/mol. The van der Waals surface area contributed by atoms with E-state index in [9.17, 15) is 0 Å². The highest BCUT2D eigenvalue weighted by Gasteiger charge is 2.34. The Morgan fingerprint density at radius 2 is 2.56 bits per heavy atom. The lowest BCUT2D eigenvalue weighted by atomic mass is 10.1. The van der Waals surface area contributed by atoms with Gasteiger partial charge in [0.25, 0.3) is 0 Å². The van der Waals surface area contributed by atoms with Gasteiger partial charge in [-0.3, -0.25) is 0 Å². The fourth-order valence-corrected chi connectivity index (χ4v) is 1.31. The van der Waals surface area contributed by atoms with Crippen LogP contribution >= 0.6 is 0 Å². The van der Waals surface area contributed by atoms with Crippen molar-refractivity contribution in [3.05, 3.63) is 12.7 Å². The second kappa shape index (κ2) is 2.53. The standard InChI is InChI=1S/C8H15N/c1-3-7-5-8(7)4-6(2)9/h3,6-8H,1,4-5,9H2,2H3. The summed E-state index contributed by atoms with van der Waals surface area (Å²) in [6.07, 6.45) is 4.55. The lowest BCUT2D eigenvalue weighted by Gasteiger charge is -2.00. The van der Waals surface area contributed by atoms with Gasteiger partial charge in [-0.15, -0.1) is 6.58 Å². The van der Waals surface area contributed by atoms with Crippen LogP contribution in [0.4, 0.5) is 0 Å². The van der Waals surface area contributed by atoms with Gasteiger partial charge in [0.1, 0.15) is 0 Å². The molecule has 2 N–H and O–H groups in total. The summed E-state index contributed by atoms with van der Waals surface area (Å²) in [6, 6.07) is 0.375. The summed E-state index contributed by atoms with van der Waals surface area (Å²) >= 11 is 0. The summed E-state index contributed by atoms with van der Waals surface area (Å²) in [5.41, 5.74) is 5.62.